The molecule has 2 rings (SSSR count). The van der Waals surface area contributed by atoms with Crippen LogP contribution >= 0.6 is 20.2 Å². The van der Waals surface area contributed by atoms with E-state index in [1.807, 2.05) is 25.1 Å². The number of halogens is 1. The van der Waals surface area contributed by atoms with Crippen LogP contribution in [0, 0.1) is 12.8 Å². The van der Waals surface area contributed by atoms with Crippen molar-refractivity contribution in [1.29, 1.82) is 0 Å². The Bertz CT molecular complexity index is 756. The van der Waals surface area contributed by atoms with Crippen LogP contribution in [0.2, 0.25) is 5.02 Å². The number of benzene rings is 2. The van der Waals surface area contributed by atoms with Crippen LogP contribution in [0.1, 0.15) is 37.6 Å². The molecule has 0 bridgehead atoms. The Hall–Kier alpha value is -0.973. The normalized spacial score (nSPS) is 10.8. The molecule has 0 aromatic heterocycles. The van der Waals surface area contributed by atoms with Crippen molar-refractivity contribution in [2.75, 3.05) is 13.7 Å². The molecule has 1 atom stereocenters. The molecule has 0 spiro atoms. The molecule has 0 fully saturated rings. The second kappa shape index (κ2) is 11.0. The quantitative estimate of drug-likeness (QED) is 0.516. The molecule has 2 aromatic carbocycles. The first-order valence-corrected chi connectivity index (χ1v) is 9.67. The molecule has 0 N–H and O–H groups in total. The summed E-state index contributed by atoms with van der Waals surface area (Å²) >= 11 is 6.20. The van der Waals surface area contributed by atoms with E-state index in [-0.39, 0.29) is 34.4 Å². The molecule has 0 saturated heterocycles. The zero-order chi connectivity index (χ0) is 18.4. The fourth-order valence-corrected chi connectivity index (χ4v) is 3.75. The average Bonchev–Trinajstić information content (AvgIpc) is 2.56. The van der Waals surface area contributed by atoms with E-state index in [2.05, 4.69) is 13.8 Å². The monoisotopic (exact) mass is 386 g/mol. The SMILES string of the molecule is COc1cccc(Cl)c1C(=O)Pc1ccc(OCCC(C)C)cc1C.[H-].[Li+]. The van der Waals surface area contributed by atoms with E-state index in [0.717, 1.165) is 23.0 Å². The smallest absolute Gasteiger partial charge is 1.00 e. The van der Waals surface area contributed by atoms with Gasteiger partial charge in [-0.15, -0.1) is 0 Å². The van der Waals surface area contributed by atoms with Crippen LogP contribution in [0.25, 0.3) is 0 Å². The topological polar surface area (TPSA) is 35.5 Å². The Kier molecular flexibility index (Phi) is 9.76. The Labute approximate surface area is 176 Å². The van der Waals surface area contributed by atoms with Crippen LogP contribution in [-0.4, -0.2) is 19.2 Å². The van der Waals surface area contributed by atoms with Gasteiger partial charge in [0.05, 0.1) is 24.3 Å². The minimum absolute atomic E-state index is 0. The summed E-state index contributed by atoms with van der Waals surface area (Å²) in [5, 5.41) is 1.41. The fourth-order valence-electron chi connectivity index (χ4n) is 2.36. The zero-order valence-electron chi connectivity index (χ0n) is 17.1. The van der Waals surface area contributed by atoms with Crippen molar-refractivity contribution in [3.8, 4) is 11.5 Å². The summed E-state index contributed by atoms with van der Waals surface area (Å²) < 4.78 is 11.1. The molecule has 0 saturated carbocycles. The Morgan fingerprint density at radius 1 is 1.27 bits per heavy atom. The Morgan fingerprint density at radius 2 is 2.00 bits per heavy atom. The van der Waals surface area contributed by atoms with E-state index < -0.39 is 0 Å². The number of hydrogen-bond acceptors (Lipinski definition) is 3. The van der Waals surface area contributed by atoms with Crippen molar-refractivity contribution in [2.24, 2.45) is 5.92 Å². The predicted octanol–water partition coefficient (Wildman–Crippen LogP) is 2.34. The molecule has 0 amide bonds. The third-order valence-electron chi connectivity index (χ3n) is 3.83. The van der Waals surface area contributed by atoms with Crippen molar-refractivity contribution < 1.29 is 34.6 Å². The largest absolute Gasteiger partial charge is 1.00 e. The molecule has 0 aliphatic heterocycles. The zero-order valence-corrected chi connectivity index (χ0v) is 17.8. The van der Waals surface area contributed by atoms with Crippen molar-refractivity contribution in [3.05, 3.63) is 52.5 Å². The molecule has 0 radical (unpaired) electrons. The summed E-state index contributed by atoms with van der Waals surface area (Å²) in [5.41, 5.74) is 1.46. The average molecular weight is 387 g/mol. The first-order valence-electron chi connectivity index (χ1n) is 8.29. The van der Waals surface area contributed by atoms with Gasteiger partial charge in [0.1, 0.15) is 11.5 Å². The van der Waals surface area contributed by atoms with E-state index in [1.165, 1.54) is 0 Å². The summed E-state index contributed by atoms with van der Waals surface area (Å²) in [6, 6.07) is 11.1. The first kappa shape index (κ1) is 23.1. The standard InChI is InChI=1S/C20H24ClO3P.Li.H/c1-13(2)10-11-24-15-8-9-18(14(3)12-15)25-20(22)19-16(21)6-5-7-17(19)23-4;;/h5-9,12-13,25H,10-11H2,1-4H3;;/q;+1;-1. The van der Waals surface area contributed by atoms with Crippen LogP contribution in [0.3, 0.4) is 0 Å². The van der Waals surface area contributed by atoms with Gasteiger partial charge in [0, 0.05) is 0 Å². The van der Waals surface area contributed by atoms with Crippen LogP contribution in [0.4, 0.5) is 0 Å². The second-order valence-corrected chi connectivity index (χ2v) is 7.93. The van der Waals surface area contributed by atoms with E-state index >= 15 is 0 Å². The number of carbonyl (C=O) groups excluding carboxylic acids is 1. The fraction of sp³-hybridized carbons (Fsp3) is 0.350. The number of methoxy groups -OCH3 is 1. The maximum atomic E-state index is 12.7. The third kappa shape index (κ3) is 6.33. The second-order valence-electron chi connectivity index (χ2n) is 6.28. The summed E-state index contributed by atoms with van der Waals surface area (Å²) in [5.74, 6) is 1.97. The van der Waals surface area contributed by atoms with Crippen LogP contribution < -0.4 is 33.6 Å². The molecule has 6 heteroatoms. The van der Waals surface area contributed by atoms with Crippen LogP contribution in [0.5, 0.6) is 11.5 Å². The van der Waals surface area contributed by atoms with E-state index in [0.29, 0.717) is 28.9 Å². The van der Waals surface area contributed by atoms with Gasteiger partial charge in [-0.25, -0.2) is 0 Å². The number of aryl methyl sites for hydroxylation is 1. The minimum atomic E-state index is -0.0287. The third-order valence-corrected chi connectivity index (χ3v) is 5.45. The number of ether oxygens (including phenoxy) is 2. The summed E-state index contributed by atoms with van der Waals surface area (Å²) in [6.07, 6.45) is 1.02. The van der Waals surface area contributed by atoms with Crippen molar-refractivity contribution in [2.45, 2.75) is 27.2 Å². The molecule has 2 aromatic rings. The molecule has 0 heterocycles. The maximum absolute atomic E-state index is 12.7. The van der Waals surface area contributed by atoms with Gasteiger partial charge in [-0.2, -0.15) is 0 Å². The Morgan fingerprint density at radius 3 is 2.62 bits per heavy atom. The van der Waals surface area contributed by atoms with Crippen LogP contribution in [0.15, 0.2) is 36.4 Å². The molecular weight excluding hydrogens is 362 g/mol. The molecule has 136 valence electrons. The van der Waals surface area contributed by atoms with Gasteiger partial charge < -0.3 is 10.9 Å². The van der Waals surface area contributed by atoms with E-state index in [4.69, 9.17) is 21.1 Å². The van der Waals surface area contributed by atoms with Gasteiger partial charge >= 0.3 is 18.9 Å². The minimum Gasteiger partial charge on any atom is -1.00 e. The summed E-state index contributed by atoms with van der Waals surface area (Å²) in [7, 11) is 1.53. The van der Waals surface area contributed by atoms with Gasteiger partial charge in [-0.3, -0.25) is 4.79 Å². The van der Waals surface area contributed by atoms with Gasteiger partial charge in [0.25, 0.3) is 0 Å². The molecule has 0 aliphatic rings. The van der Waals surface area contributed by atoms with Crippen molar-refractivity contribution in [1.82, 2.24) is 0 Å². The number of rotatable bonds is 8. The van der Waals surface area contributed by atoms with Crippen LogP contribution in [-0.2, 0) is 0 Å². The van der Waals surface area contributed by atoms with Gasteiger partial charge in [-0.05, 0) is 63.0 Å². The summed E-state index contributed by atoms with van der Waals surface area (Å²) in [4.78, 5) is 12.7. The first-order chi connectivity index (χ1) is 11.9. The summed E-state index contributed by atoms with van der Waals surface area (Å²) in [6.45, 7) is 7.05. The molecule has 3 nitrogen and oxygen atoms in total. The molecule has 26 heavy (non-hydrogen) atoms. The molecular formula is C20H25ClLiO3P. The molecule has 0 aliphatic carbocycles. The van der Waals surface area contributed by atoms with Gasteiger partial charge in [-0.1, -0.05) is 37.6 Å². The van der Waals surface area contributed by atoms with E-state index in [1.54, 1.807) is 25.3 Å². The Balaban J connectivity index is 0.00000338. The van der Waals surface area contributed by atoms with Crippen molar-refractivity contribution in [3.63, 3.8) is 0 Å². The van der Waals surface area contributed by atoms with Crippen molar-refractivity contribution >= 4 is 31.0 Å². The van der Waals surface area contributed by atoms with Gasteiger partial charge in [0.15, 0.2) is 5.52 Å². The molecule has 1 unspecified atom stereocenters. The predicted molar refractivity (Wildman–Crippen MR) is 108 cm³/mol. The number of hydrogen-bond donors (Lipinski definition) is 0. The maximum Gasteiger partial charge on any atom is 1.00 e. The van der Waals surface area contributed by atoms with Gasteiger partial charge in [0.2, 0.25) is 0 Å². The van der Waals surface area contributed by atoms with E-state index in [9.17, 15) is 4.79 Å². The number of carbonyl (C=O) groups is 1.